The van der Waals surface area contributed by atoms with Crippen molar-refractivity contribution in [2.75, 3.05) is 11.9 Å². The lowest BCUT2D eigenvalue weighted by Crippen LogP contribution is -1.99. The molecular weight excluding hydrogens is 198 g/mol. The molecule has 0 aliphatic rings. The lowest BCUT2D eigenvalue weighted by Gasteiger charge is -2.04. The molecule has 0 aliphatic heterocycles. The van der Waals surface area contributed by atoms with Gasteiger partial charge in [0.15, 0.2) is 11.6 Å². The van der Waals surface area contributed by atoms with E-state index in [9.17, 15) is 8.78 Å². The lowest BCUT2D eigenvalue weighted by molar-refractivity contribution is 0.510. The number of halogens is 2. The van der Waals surface area contributed by atoms with Gasteiger partial charge in [-0.05, 0) is 25.1 Å². The Hall–Kier alpha value is -1.71. The average molecular weight is 208 g/mol. The molecule has 4 heteroatoms. The summed E-state index contributed by atoms with van der Waals surface area (Å²) in [5.41, 5.74) is 0.451. The maximum Gasteiger partial charge on any atom is 0.161 e. The van der Waals surface area contributed by atoms with Gasteiger partial charge in [0.05, 0.1) is 5.52 Å². The summed E-state index contributed by atoms with van der Waals surface area (Å²) in [5, 5.41) is 3.60. The van der Waals surface area contributed by atoms with Crippen LogP contribution >= 0.6 is 0 Å². The summed E-state index contributed by atoms with van der Waals surface area (Å²) in [4.78, 5) is 4.15. The van der Waals surface area contributed by atoms with Crippen LogP contribution in [-0.2, 0) is 0 Å². The van der Waals surface area contributed by atoms with Crippen molar-refractivity contribution in [3.8, 4) is 0 Å². The molecule has 0 bridgehead atoms. The second-order valence-electron chi connectivity index (χ2n) is 3.19. The zero-order valence-electron chi connectivity index (χ0n) is 8.22. The molecule has 0 aliphatic carbocycles. The number of hydrogen-bond donors (Lipinski definition) is 1. The number of anilines is 1. The number of hydrogen-bond acceptors (Lipinski definition) is 2. The molecule has 0 saturated heterocycles. The zero-order valence-corrected chi connectivity index (χ0v) is 8.22. The number of rotatable bonds is 2. The fourth-order valence-electron chi connectivity index (χ4n) is 1.40. The number of nitrogens with one attached hydrogen (secondary N) is 1. The van der Waals surface area contributed by atoms with Crippen LogP contribution in [0.15, 0.2) is 24.3 Å². The first-order valence-corrected chi connectivity index (χ1v) is 4.70. The van der Waals surface area contributed by atoms with Crippen molar-refractivity contribution in [3.05, 3.63) is 35.9 Å². The summed E-state index contributed by atoms with van der Waals surface area (Å²) < 4.78 is 25.8. The van der Waals surface area contributed by atoms with Crippen LogP contribution in [0.25, 0.3) is 10.9 Å². The third-order valence-electron chi connectivity index (χ3n) is 2.09. The van der Waals surface area contributed by atoms with Crippen LogP contribution in [0, 0.1) is 11.6 Å². The van der Waals surface area contributed by atoms with Crippen molar-refractivity contribution in [1.29, 1.82) is 0 Å². The van der Waals surface area contributed by atoms with E-state index in [1.807, 2.05) is 6.92 Å². The molecule has 1 aromatic carbocycles. The van der Waals surface area contributed by atoms with E-state index in [4.69, 9.17) is 0 Å². The third kappa shape index (κ3) is 1.88. The topological polar surface area (TPSA) is 24.9 Å². The summed E-state index contributed by atoms with van der Waals surface area (Å²) in [6.45, 7) is 2.68. The minimum atomic E-state index is -0.872. The van der Waals surface area contributed by atoms with E-state index < -0.39 is 11.6 Å². The normalized spacial score (nSPS) is 10.6. The summed E-state index contributed by atoms with van der Waals surface area (Å²) in [7, 11) is 0. The van der Waals surface area contributed by atoms with Crippen LogP contribution in [0.4, 0.5) is 14.6 Å². The fourth-order valence-corrected chi connectivity index (χ4v) is 1.40. The van der Waals surface area contributed by atoms with Crippen LogP contribution < -0.4 is 5.32 Å². The van der Waals surface area contributed by atoms with Gasteiger partial charge >= 0.3 is 0 Å². The van der Waals surface area contributed by atoms with Crippen molar-refractivity contribution >= 4 is 16.7 Å². The van der Waals surface area contributed by atoms with Gasteiger partial charge < -0.3 is 5.32 Å². The van der Waals surface area contributed by atoms with Crippen LogP contribution in [0.2, 0.25) is 0 Å². The Bertz CT molecular complexity index is 497. The Morgan fingerprint density at radius 2 is 1.93 bits per heavy atom. The molecule has 0 amide bonds. The summed E-state index contributed by atoms with van der Waals surface area (Å²) in [6.07, 6.45) is 0. The molecule has 0 atom stereocenters. The molecule has 0 spiro atoms. The molecule has 0 fully saturated rings. The van der Waals surface area contributed by atoms with Gasteiger partial charge in [0.25, 0.3) is 0 Å². The summed E-state index contributed by atoms with van der Waals surface area (Å²) >= 11 is 0. The molecule has 1 N–H and O–H groups in total. The highest BCUT2D eigenvalue weighted by Gasteiger charge is 2.05. The van der Waals surface area contributed by atoms with Crippen molar-refractivity contribution in [2.24, 2.45) is 0 Å². The van der Waals surface area contributed by atoms with E-state index in [2.05, 4.69) is 10.3 Å². The predicted octanol–water partition coefficient (Wildman–Crippen LogP) is 2.94. The van der Waals surface area contributed by atoms with Crippen molar-refractivity contribution in [3.63, 3.8) is 0 Å². The highest BCUT2D eigenvalue weighted by Crippen LogP contribution is 2.18. The number of aromatic nitrogens is 1. The van der Waals surface area contributed by atoms with Gasteiger partial charge in [-0.15, -0.1) is 0 Å². The van der Waals surface area contributed by atoms with Gasteiger partial charge in [0.1, 0.15) is 5.82 Å². The van der Waals surface area contributed by atoms with E-state index in [1.165, 1.54) is 0 Å². The van der Waals surface area contributed by atoms with E-state index in [1.54, 1.807) is 12.1 Å². The first-order chi connectivity index (χ1) is 7.20. The van der Waals surface area contributed by atoms with Gasteiger partial charge in [0, 0.05) is 18.0 Å². The van der Waals surface area contributed by atoms with Crippen molar-refractivity contribution in [2.45, 2.75) is 6.92 Å². The molecule has 2 aromatic rings. The molecular formula is C11H10F2N2. The average Bonchev–Trinajstić information content (AvgIpc) is 2.21. The smallest absolute Gasteiger partial charge is 0.161 e. The first kappa shape index (κ1) is 9.83. The Kier molecular flexibility index (Phi) is 2.49. The second-order valence-corrected chi connectivity index (χ2v) is 3.19. The number of fused-ring (bicyclic) bond motifs is 1. The minimum absolute atomic E-state index is 0.451. The standard InChI is InChI=1S/C11H10F2N2/c1-2-14-11-4-3-7-5-8(12)9(13)6-10(7)15-11/h3-6H,2H2,1H3,(H,14,15). The van der Waals surface area contributed by atoms with E-state index >= 15 is 0 Å². The second kappa shape index (κ2) is 3.81. The quantitative estimate of drug-likeness (QED) is 0.820. The summed E-state index contributed by atoms with van der Waals surface area (Å²) in [6, 6.07) is 5.70. The molecule has 78 valence electrons. The number of benzene rings is 1. The molecule has 2 rings (SSSR count). The molecule has 0 radical (unpaired) electrons. The molecule has 2 nitrogen and oxygen atoms in total. The monoisotopic (exact) mass is 208 g/mol. The van der Waals surface area contributed by atoms with E-state index in [-0.39, 0.29) is 0 Å². The fraction of sp³-hybridized carbons (Fsp3) is 0.182. The van der Waals surface area contributed by atoms with E-state index in [0.29, 0.717) is 16.7 Å². The molecule has 15 heavy (non-hydrogen) atoms. The van der Waals surface area contributed by atoms with E-state index in [0.717, 1.165) is 18.7 Å². The minimum Gasteiger partial charge on any atom is -0.370 e. The Morgan fingerprint density at radius 1 is 1.20 bits per heavy atom. The highest BCUT2D eigenvalue weighted by atomic mass is 19.2. The molecule has 1 heterocycles. The third-order valence-corrected chi connectivity index (χ3v) is 2.09. The number of nitrogens with zero attached hydrogens (tertiary/aromatic N) is 1. The zero-order chi connectivity index (χ0) is 10.8. The van der Waals surface area contributed by atoms with Gasteiger partial charge in [-0.1, -0.05) is 0 Å². The van der Waals surface area contributed by atoms with Crippen molar-refractivity contribution < 1.29 is 8.78 Å². The largest absolute Gasteiger partial charge is 0.370 e. The SMILES string of the molecule is CCNc1ccc2cc(F)c(F)cc2n1. The highest BCUT2D eigenvalue weighted by molar-refractivity contribution is 5.80. The Balaban J connectivity index is 2.56. The van der Waals surface area contributed by atoms with Crippen molar-refractivity contribution in [1.82, 2.24) is 4.98 Å². The summed E-state index contributed by atoms with van der Waals surface area (Å²) in [5.74, 6) is -1.06. The Morgan fingerprint density at radius 3 is 2.67 bits per heavy atom. The molecule has 0 saturated carbocycles. The molecule has 1 aromatic heterocycles. The van der Waals surface area contributed by atoms with Crippen LogP contribution in [0.5, 0.6) is 0 Å². The first-order valence-electron chi connectivity index (χ1n) is 4.70. The number of pyridine rings is 1. The lowest BCUT2D eigenvalue weighted by atomic mass is 10.2. The molecule has 0 unspecified atom stereocenters. The van der Waals surface area contributed by atoms with Gasteiger partial charge in [-0.25, -0.2) is 13.8 Å². The van der Waals surface area contributed by atoms with Crippen LogP contribution in [0.3, 0.4) is 0 Å². The van der Waals surface area contributed by atoms with Gasteiger partial charge in [-0.2, -0.15) is 0 Å². The van der Waals surface area contributed by atoms with Gasteiger partial charge in [-0.3, -0.25) is 0 Å². The maximum absolute atomic E-state index is 12.9. The maximum atomic E-state index is 12.9. The Labute approximate surface area is 85.9 Å². The van der Waals surface area contributed by atoms with Crippen LogP contribution in [-0.4, -0.2) is 11.5 Å². The van der Waals surface area contributed by atoms with Crippen LogP contribution in [0.1, 0.15) is 6.92 Å². The van der Waals surface area contributed by atoms with Gasteiger partial charge in [0.2, 0.25) is 0 Å². The predicted molar refractivity (Wildman–Crippen MR) is 55.8 cm³/mol.